The first-order chi connectivity index (χ1) is 21.2. The molecule has 2 aromatic rings. The summed E-state index contributed by atoms with van der Waals surface area (Å²) in [6.45, 7) is 2.16. The van der Waals surface area contributed by atoms with Crippen molar-refractivity contribution < 1.29 is 36.9 Å². The molecule has 2 aromatic carbocycles. The quantitative estimate of drug-likeness (QED) is 0.183. The van der Waals surface area contributed by atoms with Crippen LogP contribution in [-0.4, -0.2) is 23.8 Å². The number of ether oxygens (including phenoxy) is 2. The fourth-order valence-electron chi connectivity index (χ4n) is 7.77. The van der Waals surface area contributed by atoms with Crippen LogP contribution in [0.25, 0.3) is 5.57 Å². The molecule has 6 rings (SSSR count). The van der Waals surface area contributed by atoms with Crippen molar-refractivity contribution in [2.24, 2.45) is 17.8 Å². The number of epoxide rings is 1. The van der Waals surface area contributed by atoms with Gasteiger partial charge >= 0.3 is 5.97 Å². The summed E-state index contributed by atoms with van der Waals surface area (Å²) in [6.07, 6.45) is 9.25. The fourth-order valence-corrected chi connectivity index (χ4v) is 7.77. The lowest BCUT2D eigenvalue weighted by molar-refractivity contribution is -0.157. The van der Waals surface area contributed by atoms with Gasteiger partial charge in [-0.25, -0.2) is 17.6 Å². The Morgan fingerprint density at radius 2 is 1.55 bits per heavy atom. The maximum atomic E-state index is 14.8. The first kappa shape index (κ1) is 31.3. The molecule has 1 heterocycles. The fraction of sp³-hybridized carbons (Fsp3) is 0.583. The molecule has 0 bridgehead atoms. The van der Waals surface area contributed by atoms with Crippen molar-refractivity contribution in [3.63, 3.8) is 0 Å². The average Bonchev–Trinajstić information content (AvgIpc) is 3.89. The molecule has 1 saturated heterocycles. The van der Waals surface area contributed by atoms with Crippen molar-refractivity contribution in [1.82, 2.24) is 0 Å². The summed E-state index contributed by atoms with van der Waals surface area (Å²) in [5.74, 6) is -2.85. The Morgan fingerprint density at radius 3 is 2.18 bits per heavy atom. The Labute approximate surface area is 256 Å². The van der Waals surface area contributed by atoms with E-state index < -0.39 is 29.4 Å². The first-order valence-corrected chi connectivity index (χ1v) is 16.4. The molecule has 1 aliphatic heterocycles. The molecule has 1 N–H and O–H groups in total. The Hall–Kier alpha value is -2.71. The highest BCUT2D eigenvalue weighted by molar-refractivity contribution is 5.72. The monoisotopic (exact) mass is 614 g/mol. The van der Waals surface area contributed by atoms with Gasteiger partial charge in [-0.3, -0.25) is 4.79 Å². The van der Waals surface area contributed by atoms with E-state index in [1.165, 1.54) is 6.07 Å². The number of aliphatic hydroxyl groups excluding tert-OH is 1. The third-order valence-corrected chi connectivity index (χ3v) is 10.6. The molecule has 0 aromatic heterocycles. The normalized spacial score (nSPS) is 29.5. The summed E-state index contributed by atoms with van der Waals surface area (Å²) in [6, 6.07) is 6.39. The van der Waals surface area contributed by atoms with Crippen molar-refractivity contribution in [3.05, 3.63) is 75.9 Å². The minimum Gasteiger partial charge on any atom is -0.462 e. The molecular weight excluding hydrogens is 572 g/mol. The molecule has 3 unspecified atom stereocenters. The van der Waals surface area contributed by atoms with Crippen molar-refractivity contribution in [2.75, 3.05) is 6.61 Å². The molecular formula is C36H42F4O4. The lowest BCUT2D eigenvalue weighted by Crippen LogP contribution is -2.31. The van der Waals surface area contributed by atoms with Crippen molar-refractivity contribution in [1.29, 1.82) is 0 Å². The third kappa shape index (κ3) is 6.48. The number of hydrogen-bond acceptors (Lipinski definition) is 4. The van der Waals surface area contributed by atoms with Gasteiger partial charge in [-0.2, -0.15) is 0 Å². The highest BCUT2D eigenvalue weighted by Crippen LogP contribution is 2.43. The van der Waals surface area contributed by atoms with E-state index in [-0.39, 0.29) is 35.6 Å². The van der Waals surface area contributed by atoms with E-state index in [1.54, 1.807) is 25.1 Å². The number of carbonyl (C=O) groups excluding carboxylic acids is 1. The predicted molar refractivity (Wildman–Crippen MR) is 159 cm³/mol. The summed E-state index contributed by atoms with van der Waals surface area (Å²) in [5.41, 5.74) is 1.85. The van der Waals surface area contributed by atoms with Gasteiger partial charge in [-0.05, 0) is 106 Å². The van der Waals surface area contributed by atoms with Crippen LogP contribution in [-0.2, 0) is 14.3 Å². The van der Waals surface area contributed by atoms with Crippen LogP contribution in [0, 0.1) is 41.0 Å². The van der Waals surface area contributed by atoms with E-state index in [1.807, 2.05) is 0 Å². The zero-order valence-electron chi connectivity index (χ0n) is 25.3. The largest absolute Gasteiger partial charge is 0.462 e. The Balaban J connectivity index is 0.955. The lowest BCUT2D eigenvalue weighted by Gasteiger charge is -2.36. The molecule has 238 valence electrons. The SMILES string of the molecule is CCC(O)c1ccc(C2CCC(OC(=O)C3CCC(C4CC=C(c5ccc(C6CO6)c(F)c5F)CC4)CC3)CC2)c(F)c1F. The second kappa shape index (κ2) is 13.3. The van der Waals surface area contributed by atoms with Crippen LogP contribution in [0.3, 0.4) is 0 Å². The van der Waals surface area contributed by atoms with Crippen LogP contribution in [0.2, 0.25) is 0 Å². The number of hydrogen-bond donors (Lipinski definition) is 1. The summed E-state index contributed by atoms with van der Waals surface area (Å²) < 4.78 is 69.7. The van der Waals surface area contributed by atoms with E-state index >= 15 is 0 Å². The summed E-state index contributed by atoms with van der Waals surface area (Å²) in [4.78, 5) is 13.0. The molecule has 0 amide bonds. The van der Waals surface area contributed by atoms with Crippen molar-refractivity contribution in [3.8, 4) is 0 Å². The molecule has 8 heteroatoms. The van der Waals surface area contributed by atoms with E-state index in [0.717, 1.165) is 44.1 Å². The number of benzene rings is 2. The number of carbonyl (C=O) groups is 1. The lowest BCUT2D eigenvalue weighted by atomic mass is 9.71. The standard InChI is InChI=1S/C36H42F4O4/c1-2-30(41)28-17-15-26(32(37)34(28)39)23-11-13-25(14-12-23)44-36(42)24-9-5-21(6-10-24)20-3-7-22(8-4-20)27-16-18-29(31-19-43-31)35(40)33(27)38/h7,15-18,20-21,23-25,30-31,41H,2-6,8-14,19H2,1H3. The average molecular weight is 615 g/mol. The van der Waals surface area contributed by atoms with E-state index in [4.69, 9.17) is 9.47 Å². The van der Waals surface area contributed by atoms with Gasteiger partial charge < -0.3 is 14.6 Å². The van der Waals surface area contributed by atoms with Gasteiger partial charge in [0, 0.05) is 16.7 Å². The van der Waals surface area contributed by atoms with Gasteiger partial charge in [0.15, 0.2) is 23.3 Å². The molecule has 44 heavy (non-hydrogen) atoms. The van der Waals surface area contributed by atoms with Gasteiger partial charge in [0.25, 0.3) is 0 Å². The highest BCUT2D eigenvalue weighted by Gasteiger charge is 2.35. The highest BCUT2D eigenvalue weighted by atomic mass is 19.2. The van der Waals surface area contributed by atoms with Crippen LogP contribution >= 0.6 is 0 Å². The molecule has 3 fully saturated rings. The number of esters is 1. The van der Waals surface area contributed by atoms with E-state index in [2.05, 4.69) is 6.08 Å². The third-order valence-electron chi connectivity index (χ3n) is 10.6. The molecule has 0 radical (unpaired) electrons. The van der Waals surface area contributed by atoms with E-state index in [0.29, 0.717) is 73.7 Å². The van der Waals surface area contributed by atoms with Crippen LogP contribution < -0.4 is 0 Å². The van der Waals surface area contributed by atoms with Crippen LogP contribution in [0.5, 0.6) is 0 Å². The summed E-state index contributed by atoms with van der Waals surface area (Å²) in [7, 11) is 0. The van der Waals surface area contributed by atoms with Gasteiger partial charge in [-0.15, -0.1) is 0 Å². The van der Waals surface area contributed by atoms with Gasteiger partial charge in [0.05, 0.1) is 18.6 Å². The summed E-state index contributed by atoms with van der Waals surface area (Å²) in [5, 5.41) is 9.95. The minimum absolute atomic E-state index is 0.00616. The first-order valence-electron chi connectivity index (χ1n) is 16.4. The van der Waals surface area contributed by atoms with Crippen LogP contribution in [0.1, 0.15) is 124 Å². The zero-order valence-corrected chi connectivity index (χ0v) is 25.3. The van der Waals surface area contributed by atoms with Crippen molar-refractivity contribution >= 4 is 11.5 Å². The topological polar surface area (TPSA) is 59.1 Å². The Bertz CT molecular complexity index is 1390. The second-order valence-corrected chi connectivity index (χ2v) is 13.2. The number of allylic oxidation sites excluding steroid dienone is 2. The maximum Gasteiger partial charge on any atom is 0.309 e. The molecule has 4 aliphatic rings. The smallest absolute Gasteiger partial charge is 0.309 e. The number of rotatable bonds is 8. The Morgan fingerprint density at radius 1 is 0.864 bits per heavy atom. The van der Waals surface area contributed by atoms with Crippen molar-refractivity contribution in [2.45, 2.75) is 108 Å². The predicted octanol–water partition coefficient (Wildman–Crippen LogP) is 9.02. The van der Waals surface area contributed by atoms with Gasteiger partial charge in [0.2, 0.25) is 0 Å². The molecule has 3 atom stereocenters. The molecule has 0 spiro atoms. The minimum atomic E-state index is -1.02. The van der Waals surface area contributed by atoms with Gasteiger partial charge in [-0.1, -0.05) is 37.3 Å². The van der Waals surface area contributed by atoms with Gasteiger partial charge in [0.1, 0.15) is 12.2 Å². The number of aliphatic hydroxyl groups is 1. The zero-order chi connectivity index (χ0) is 31.0. The summed E-state index contributed by atoms with van der Waals surface area (Å²) >= 11 is 0. The van der Waals surface area contributed by atoms with Crippen LogP contribution in [0.4, 0.5) is 17.6 Å². The number of halogens is 4. The Kier molecular flexibility index (Phi) is 9.48. The molecule has 2 saturated carbocycles. The molecule has 4 nitrogen and oxygen atoms in total. The van der Waals surface area contributed by atoms with E-state index in [9.17, 15) is 27.5 Å². The van der Waals surface area contributed by atoms with Crippen LogP contribution in [0.15, 0.2) is 30.3 Å². The second-order valence-electron chi connectivity index (χ2n) is 13.2. The molecule has 3 aliphatic carbocycles. The maximum absolute atomic E-state index is 14.8.